The van der Waals surface area contributed by atoms with Gasteiger partial charge in [-0.1, -0.05) is 13.0 Å². The number of aromatic amines is 2. The first-order valence-corrected chi connectivity index (χ1v) is 8.63. The number of nitrogens with one attached hydrogen (secondary N) is 2. The first-order chi connectivity index (χ1) is 11.7. The monoisotopic (exact) mass is 322 g/mol. The predicted molar refractivity (Wildman–Crippen MR) is 96.2 cm³/mol. The molecule has 4 rings (SSSR count). The van der Waals surface area contributed by atoms with Gasteiger partial charge in [0.05, 0.1) is 5.69 Å². The van der Waals surface area contributed by atoms with Crippen LogP contribution in [0.4, 0.5) is 5.69 Å². The molecule has 24 heavy (non-hydrogen) atoms. The van der Waals surface area contributed by atoms with Crippen LogP contribution in [0.2, 0.25) is 0 Å². The van der Waals surface area contributed by atoms with E-state index in [2.05, 4.69) is 27.3 Å². The van der Waals surface area contributed by atoms with Crippen molar-refractivity contribution >= 4 is 22.5 Å². The highest BCUT2D eigenvalue weighted by molar-refractivity contribution is 5.96. The highest BCUT2D eigenvalue weighted by atomic mass is 16.2. The summed E-state index contributed by atoms with van der Waals surface area (Å²) in [5, 5.41) is 8.88. The topological polar surface area (TPSA) is 64.8 Å². The van der Waals surface area contributed by atoms with E-state index in [0.29, 0.717) is 6.42 Å². The molecule has 5 nitrogen and oxygen atoms in total. The first-order valence-electron chi connectivity index (χ1n) is 8.63. The number of fused-ring (bicyclic) bond motifs is 2. The molecule has 1 amide bonds. The van der Waals surface area contributed by atoms with Crippen LogP contribution in [0, 0.1) is 0 Å². The summed E-state index contributed by atoms with van der Waals surface area (Å²) in [5.41, 5.74) is 6.67. The Morgan fingerprint density at radius 2 is 2.08 bits per heavy atom. The van der Waals surface area contributed by atoms with Crippen molar-refractivity contribution in [3.63, 3.8) is 0 Å². The SMILES string of the molecule is CCC(=O)N(C)c1ccc2cc(-c3n[nH]c4c3CCCC4)[nH]c2c1. The van der Waals surface area contributed by atoms with E-state index in [1.807, 2.05) is 26.1 Å². The lowest BCUT2D eigenvalue weighted by Crippen LogP contribution is -2.24. The Morgan fingerprint density at radius 1 is 1.25 bits per heavy atom. The Balaban J connectivity index is 1.74. The van der Waals surface area contributed by atoms with Crippen LogP contribution in [0.3, 0.4) is 0 Å². The number of aromatic nitrogens is 3. The van der Waals surface area contributed by atoms with E-state index >= 15 is 0 Å². The van der Waals surface area contributed by atoms with Gasteiger partial charge in [0.1, 0.15) is 5.69 Å². The van der Waals surface area contributed by atoms with Crippen LogP contribution < -0.4 is 4.90 Å². The molecule has 2 N–H and O–H groups in total. The second-order valence-electron chi connectivity index (χ2n) is 6.50. The minimum atomic E-state index is 0.113. The van der Waals surface area contributed by atoms with E-state index in [0.717, 1.165) is 40.8 Å². The lowest BCUT2D eigenvalue weighted by Gasteiger charge is -2.16. The van der Waals surface area contributed by atoms with Gasteiger partial charge in [0.2, 0.25) is 5.91 Å². The minimum Gasteiger partial charge on any atom is -0.353 e. The second kappa shape index (κ2) is 5.82. The number of carbonyl (C=O) groups excluding carboxylic acids is 1. The fraction of sp³-hybridized carbons (Fsp3) is 0.368. The molecule has 2 aromatic heterocycles. The third kappa shape index (κ3) is 2.40. The van der Waals surface area contributed by atoms with Gasteiger partial charge >= 0.3 is 0 Å². The van der Waals surface area contributed by atoms with Crippen molar-refractivity contribution in [3.8, 4) is 11.4 Å². The number of rotatable bonds is 3. The van der Waals surface area contributed by atoms with E-state index < -0.39 is 0 Å². The molecule has 0 atom stereocenters. The smallest absolute Gasteiger partial charge is 0.226 e. The van der Waals surface area contributed by atoms with Crippen LogP contribution in [-0.4, -0.2) is 28.1 Å². The highest BCUT2D eigenvalue weighted by Gasteiger charge is 2.19. The number of nitrogens with zero attached hydrogens (tertiary/aromatic N) is 2. The number of hydrogen-bond acceptors (Lipinski definition) is 2. The van der Waals surface area contributed by atoms with Crippen LogP contribution in [0.5, 0.6) is 0 Å². The number of H-pyrrole nitrogens is 2. The Morgan fingerprint density at radius 3 is 2.92 bits per heavy atom. The highest BCUT2D eigenvalue weighted by Crippen LogP contribution is 2.32. The van der Waals surface area contributed by atoms with Gasteiger partial charge in [-0.05, 0) is 43.9 Å². The molecule has 2 heterocycles. The van der Waals surface area contributed by atoms with Crippen molar-refractivity contribution in [3.05, 3.63) is 35.5 Å². The molecule has 1 aliphatic rings. The molecule has 124 valence electrons. The minimum absolute atomic E-state index is 0.113. The molecule has 1 aliphatic carbocycles. The summed E-state index contributed by atoms with van der Waals surface area (Å²) < 4.78 is 0. The van der Waals surface area contributed by atoms with Crippen molar-refractivity contribution in [2.45, 2.75) is 39.0 Å². The Bertz CT molecular complexity index is 905. The van der Waals surface area contributed by atoms with Gasteiger partial charge in [-0.3, -0.25) is 9.89 Å². The quantitative estimate of drug-likeness (QED) is 0.770. The summed E-state index contributed by atoms with van der Waals surface area (Å²) in [5.74, 6) is 0.113. The third-order valence-electron chi connectivity index (χ3n) is 4.98. The van der Waals surface area contributed by atoms with Gasteiger partial charge in [-0.2, -0.15) is 5.10 Å². The molecule has 1 aromatic carbocycles. The van der Waals surface area contributed by atoms with E-state index in [4.69, 9.17) is 0 Å². The molecular formula is C19H22N4O. The number of benzene rings is 1. The largest absolute Gasteiger partial charge is 0.353 e. The summed E-state index contributed by atoms with van der Waals surface area (Å²) in [7, 11) is 1.82. The van der Waals surface area contributed by atoms with Gasteiger partial charge in [0, 0.05) is 41.3 Å². The number of carbonyl (C=O) groups is 1. The first kappa shape index (κ1) is 15.0. The molecule has 0 unspecified atom stereocenters. The van der Waals surface area contributed by atoms with Gasteiger partial charge in [-0.15, -0.1) is 0 Å². The van der Waals surface area contributed by atoms with Crippen molar-refractivity contribution < 1.29 is 4.79 Å². The fourth-order valence-corrected chi connectivity index (χ4v) is 3.54. The molecule has 0 fully saturated rings. The number of amides is 1. The maximum Gasteiger partial charge on any atom is 0.226 e. The maximum absolute atomic E-state index is 11.9. The van der Waals surface area contributed by atoms with Crippen LogP contribution in [0.1, 0.15) is 37.4 Å². The Hall–Kier alpha value is -2.56. The number of anilines is 1. The van der Waals surface area contributed by atoms with Gasteiger partial charge in [0.25, 0.3) is 0 Å². The van der Waals surface area contributed by atoms with Crippen LogP contribution in [0.25, 0.3) is 22.3 Å². The summed E-state index contributed by atoms with van der Waals surface area (Å²) in [6, 6.07) is 8.23. The second-order valence-corrected chi connectivity index (χ2v) is 6.50. The van der Waals surface area contributed by atoms with Crippen molar-refractivity contribution in [1.29, 1.82) is 0 Å². The molecule has 0 saturated heterocycles. The molecule has 3 aromatic rings. The third-order valence-corrected chi connectivity index (χ3v) is 4.98. The van der Waals surface area contributed by atoms with Crippen molar-refractivity contribution in [2.75, 3.05) is 11.9 Å². The molecular weight excluding hydrogens is 300 g/mol. The van der Waals surface area contributed by atoms with Gasteiger partial charge < -0.3 is 9.88 Å². The fourth-order valence-electron chi connectivity index (χ4n) is 3.54. The van der Waals surface area contributed by atoms with E-state index in [9.17, 15) is 4.79 Å². The number of hydrogen-bond donors (Lipinski definition) is 2. The molecule has 0 radical (unpaired) electrons. The summed E-state index contributed by atoms with van der Waals surface area (Å²) >= 11 is 0. The molecule has 0 aliphatic heterocycles. The van der Waals surface area contributed by atoms with E-state index in [-0.39, 0.29) is 5.91 Å². The zero-order valence-corrected chi connectivity index (χ0v) is 14.1. The number of aryl methyl sites for hydroxylation is 1. The summed E-state index contributed by atoms with van der Waals surface area (Å²) in [4.78, 5) is 17.1. The average Bonchev–Trinajstić information content (AvgIpc) is 3.23. The Labute approximate surface area is 141 Å². The standard InChI is InChI=1S/C19H22N4O/c1-3-18(24)23(2)13-9-8-12-10-17(20-16(12)11-13)19-14-6-4-5-7-15(14)21-22-19/h8-11,20H,3-7H2,1-2H3,(H,21,22). The van der Waals surface area contributed by atoms with E-state index in [1.165, 1.54) is 24.1 Å². The van der Waals surface area contributed by atoms with Gasteiger partial charge in [-0.25, -0.2) is 0 Å². The normalized spacial score (nSPS) is 13.9. The average molecular weight is 322 g/mol. The van der Waals surface area contributed by atoms with E-state index in [1.54, 1.807) is 4.90 Å². The predicted octanol–water partition coefficient (Wildman–Crippen LogP) is 3.81. The lowest BCUT2D eigenvalue weighted by atomic mass is 9.95. The van der Waals surface area contributed by atoms with Crippen LogP contribution in [0.15, 0.2) is 24.3 Å². The van der Waals surface area contributed by atoms with Crippen molar-refractivity contribution in [1.82, 2.24) is 15.2 Å². The maximum atomic E-state index is 11.9. The Kier molecular flexibility index (Phi) is 3.63. The van der Waals surface area contributed by atoms with Crippen molar-refractivity contribution in [2.24, 2.45) is 0 Å². The molecule has 0 bridgehead atoms. The zero-order valence-electron chi connectivity index (χ0n) is 14.1. The molecule has 0 saturated carbocycles. The summed E-state index contributed by atoms with van der Waals surface area (Å²) in [6.07, 6.45) is 5.16. The summed E-state index contributed by atoms with van der Waals surface area (Å²) in [6.45, 7) is 1.88. The van der Waals surface area contributed by atoms with Crippen LogP contribution in [-0.2, 0) is 17.6 Å². The van der Waals surface area contributed by atoms with Crippen LogP contribution >= 0.6 is 0 Å². The molecule has 0 spiro atoms. The molecule has 5 heteroatoms. The van der Waals surface area contributed by atoms with Gasteiger partial charge in [0.15, 0.2) is 0 Å². The lowest BCUT2D eigenvalue weighted by molar-refractivity contribution is -0.118. The zero-order chi connectivity index (χ0) is 16.7.